The first-order valence-electron chi connectivity index (χ1n) is 5.45. The van der Waals surface area contributed by atoms with Crippen molar-refractivity contribution in [1.29, 1.82) is 0 Å². The van der Waals surface area contributed by atoms with Crippen LogP contribution >= 0.6 is 12.2 Å². The van der Waals surface area contributed by atoms with Crippen molar-refractivity contribution in [2.24, 2.45) is 9.98 Å². The first kappa shape index (κ1) is 11.8. The second-order valence-corrected chi connectivity index (χ2v) is 4.12. The molecule has 1 heterocycles. The quantitative estimate of drug-likeness (QED) is 0.622. The smallest absolute Gasteiger partial charge is 0.195 e. The summed E-state index contributed by atoms with van der Waals surface area (Å²) in [4.78, 5) is 8.31. The molecule has 0 unspecified atom stereocenters. The Morgan fingerprint density at radius 1 is 1.41 bits per heavy atom. The molecule has 2 N–H and O–H groups in total. The maximum absolute atomic E-state index is 4.61. The Morgan fingerprint density at radius 2 is 2.12 bits per heavy atom. The van der Waals surface area contributed by atoms with Crippen LogP contribution in [0, 0.1) is 13.8 Å². The third-order valence-corrected chi connectivity index (χ3v) is 2.70. The van der Waals surface area contributed by atoms with E-state index in [0.717, 1.165) is 41.6 Å². The van der Waals surface area contributed by atoms with Gasteiger partial charge in [-0.1, -0.05) is 0 Å². The van der Waals surface area contributed by atoms with E-state index in [1.807, 2.05) is 26.0 Å². The van der Waals surface area contributed by atoms with E-state index < -0.39 is 0 Å². The van der Waals surface area contributed by atoms with Crippen molar-refractivity contribution in [3.63, 3.8) is 0 Å². The van der Waals surface area contributed by atoms with Crippen molar-refractivity contribution in [2.75, 3.05) is 18.4 Å². The number of aryl methyl sites for hydroxylation is 2. The summed E-state index contributed by atoms with van der Waals surface area (Å²) in [6.07, 6.45) is 0. The molecule has 0 saturated heterocycles. The SMILES string of the molecule is Cc1cc(N=C=S)cc(C)c1NC1=NCCN1. The Morgan fingerprint density at radius 3 is 2.65 bits per heavy atom. The summed E-state index contributed by atoms with van der Waals surface area (Å²) < 4.78 is 0. The van der Waals surface area contributed by atoms with Gasteiger partial charge in [0, 0.05) is 12.2 Å². The molecule has 0 aliphatic carbocycles. The van der Waals surface area contributed by atoms with Gasteiger partial charge < -0.3 is 10.6 Å². The first-order valence-corrected chi connectivity index (χ1v) is 5.86. The van der Waals surface area contributed by atoms with Gasteiger partial charge in [-0.2, -0.15) is 4.99 Å². The van der Waals surface area contributed by atoms with E-state index in [2.05, 4.69) is 38.0 Å². The average Bonchev–Trinajstić information content (AvgIpc) is 2.76. The van der Waals surface area contributed by atoms with Crippen LogP contribution in [-0.2, 0) is 0 Å². The second-order valence-electron chi connectivity index (χ2n) is 3.94. The molecule has 2 rings (SSSR count). The molecule has 17 heavy (non-hydrogen) atoms. The fourth-order valence-electron chi connectivity index (χ4n) is 1.86. The summed E-state index contributed by atoms with van der Waals surface area (Å²) in [5.41, 5.74) is 4.14. The third-order valence-electron chi connectivity index (χ3n) is 2.61. The predicted molar refractivity (Wildman–Crippen MR) is 74.5 cm³/mol. The Balaban J connectivity index is 2.30. The normalized spacial score (nSPS) is 13.6. The molecular weight excluding hydrogens is 232 g/mol. The topological polar surface area (TPSA) is 48.8 Å². The summed E-state index contributed by atoms with van der Waals surface area (Å²) in [5.74, 6) is 0.835. The molecule has 0 radical (unpaired) electrons. The molecule has 1 aliphatic heterocycles. The number of guanidine groups is 1. The van der Waals surface area contributed by atoms with Crippen LogP contribution in [0.5, 0.6) is 0 Å². The van der Waals surface area contributed by atoms with Gasteiger partial charge in [-0.3, -0.25) is 4.99 Å². The van der Waals surface area contributed by atoms with Gasteiger partial charge in [0.05, 0.1) is 17.4 Å². The highest BCUT2D eigenvalue weighted by atomic mass is 32.1. The van der Waals surface area contributed by atoms with E-state index in [9.17, 15) is 0 Å². The predicted octanol–water partition coefficient (Wildman–Crippen LogP) is 2.41. The zero-order valence-electron chi connectivity index (χ0n) is 9.87. The highest BCUT2D eigenvalue weighted by molar-refractivity contribution is 7.78. The van der Waals surface area contributed by atoms with Crippen molar-refractivity contribution < 1.29 is 0 Å². The van der Waals surface area contributed by atoms with Crippen LogP contribution in [0.3, 0.4) is 0 Å². The Hall–Kier alpha value is -1.71. The van der Waals surface area contributed by atoms with Crippen LogP contribution in [0.2, 0.25) is 0 Å². The van der Waals surface area contributed by atoms with Gasteiger partial charge in [-0.25, -0.2) is 0 Å². The van der Waals surface area contributed by atoms with E-state index >= 15 is 0 Å². The van der Waals surface area contributed by atoms with Gasteiger partial charge in [0.15, 0.2) is 5.96 Å². The first-order chi connectivity index (χ1) is 8.20. The van der Waals surface area contributed by atoms with Crippen LogP contribution in [-0.4, -0.2) is 24.2 Å². The average molecular weight is 246 g/mol. The minimum absolute atomic E-state index is 0.827. The van der Waals surface area contributed by atoms with Crippen LogP contribution in [0.1, 0.15) is 11.1 Å². The van der Waals surface area contributed by atoms with E-state index in [1.54, 1.807) is 0 Å². The number of rotatable bonds is 2. The lowest BCUT2D eigenvalue weighted by molar-refractivity contribution is 0.959. The van der Waals surface area contributed by atoms with Crippen molar-refractivity contribution >= 4 is 34.7 Å². The van der Waals surface area contributed by atoms with Crippen LogP contribution in [0.15, 0.2) is 22.1 Å². The van der Waals surface area contributed by atoms with Crippen LogP contribution in [0.4, 0.5) is 11.4 Å². The molecule has 0 fully saturated rings. The second kappa shape index (κ2) is 5.08. The number of nitrogens with one attached hydrogen (secondary N) is 2. The minimum atomic E-state index is 0.827. The molecule has 88 valence electrons. The molecule has 0 amide bonds. The fraction of sp³-hybridized carbons (Fsp3) is 0.333. The van der Waals surface area contributed by atoms with E-state index in [4.69, 9.17) is 0 Å². The number of hydrogen-bond donors (Lipinski definition) is 2. The zero-order chi connectivity index (χ0) is 12.3. The number of hydrogen-bond acceptors (Lipinski definition) is 5. The lowest BCUT2D eigenvalue weighted by atomic mass is 10.1. The Bertz CT molecular complexity index is 492. The molecule has 0 atom stereocenters. The molecule has 1 aliphatic rings. The van der Waals surface area contributed by atoms with Crippen molar-refractivity contribution in [2.45, 2.75) is 13.8 Å². The summed E-state index contributed by atoms with van der Waals surface area (Å²) in [5, 5.41) is 8.87. The highest BCUT2D eigenvalue weighted by Gasteiger charge is 2.09. The van der Waals surface area contributed by atoms with Gasteiger partial charge in [-0.05, 0) is 49.3 Å². The fourth-order valence-corrected chi connectivity index (χ4v) is 1.96. The van der Waals surface area contributed by atoms with Crippen molar-refractivity contribution in [1.82, 2.24) is 5.32 Å². The molecule has 0 aromatic heterocycles. The maximum atomic E-state index is 4.61. The van der Waals surface area contributed by atoms with Crippen molar-refractivity contribution in [3.8, 4) is 0 Å². The standard InChI is InChI=1S/C12H14N4S/c1-8-5-10(15-7-17)6-9(2)11(8)16-12-13-3-4-14-12/h5-6H,3-4H2,1-2H3,(H2,13,14,16). The van der Waals surface area contributed by atoms with E-state index in [0.29, 0.717) is 0 Å². The van der Waals surface area contributed by atoms with E-state index in [1.165, 1.54) is 0 Å². The number of benzene rings is 1. The molecule has 0 saturated carbocycles. The molecular formula is C12H14N4S. The number of aliphatic imine (C=N–C) groups is 2. The van der Waals surface area contributed by atoms with Crippen molar-refractivity contribution in [3.05, 3.63) is 23.3 Å². The maximum Gasteiger partial charge on any atom is 0.195 e. The number of thiocarbonyl (C=S) groups is 1. The lowest BCUT2D eigenvalue weighted by Crippen LogP contribution is -2.26. The third kappa shape index (κ3) is 2.70. The molecule has 4 nitrogen and oxygen atoms in total. The van der Waals surface area contributed by atoms with Gasteiger partial charge in [0.2, 0.25) is 0 Å². The molecule has 0 spiro atoms. The lowest BCUT2D eigenvalue weighted by Gasteiger charge is -2.13. The zero-order valence-corrected chi connectivity index (χ0v) is 10.7. The number of anilines is 1. The van der Waals surface area contributed by atoms with Gasteiger partial charge in [0.25, 0.3) is 0 Å². The van der Waals surface area contributed by atoms with Gasteiger partial charge >= 0.3 is 0 Å². The molecule has 5 heteroatoms. The van der Waals surface area contributed by atoms with Gasteiger partial charge in [0.1, 0.15) is 0 Å². The minimum Gasteiger partial charge on any atom is -0.354 e. The molecule has 1 aromatic rings. The van der Waals surface area contributed by atoms with Crippen LogP contribution in [0.25, 0.3) is 0 Å². The summed E-state index contributed by atoms with van der Waals surface area (Å²) >= 11 is 4.61. The van der Waals surface area contributed by atoms with Crippen LogP contribution < -0.4 is 10.6 Å². The monoisotopic (exact) mass is 246 g/mol. The molecule has 1 aromatic carbocycles. The molecule has 0 bridgehead atoms. The summed E-state index contributed by atoms with van der Waals surface area (Å²) in [6, 6.07) is 3.95. The summed E-state index contributed by atoms with van der Waals surface area (Å²) in [7, 11) is 0. The number of nitrogens with zero attached hydrogens (tertiary/aromatic N) is 2. The van der Waals surface area contributed by atoms with E-state index in [-0.39, 0.29) is 0 Å². The summed E-state index contributed by atoms with van der Waals surface area (Å²) in [6.45, 7) is 5.79. The van der Waals surface area contributed by atoms with Gasteiger partial charge in [-0.15, -0.1) is 0 Å². The highest BCUT2D eigenvalue weighted by Crippen LogP contribution is 2.26. The largest absolute Gasteiger partial charge is 0.354 e. The Kier molecular flexibility index (Phi) is 3.52. The Labute approximate surface area is 106 Å². The number of isothiocyanates is 1.